The van der Waals surface area contributed by atoms with Gasteiger partial charge in [0.25, 0.3) is 0 Å². The molecule has 0 spiro atoms. The molecule has 0 unspecified atom stereocenters. The van der Waals surface area contributed by atoms with E-state index in [9.17, 15) is 19.2 Å². The molecule has 7 N–H and O–H groups in total. The zero-order chi connectivity index (χ0) is 21.5. The maximum atomic E-state index is 12.7. The minimum atomic E-state index is -0.763. The van der Waals surface area contributed by atoms with E-state index in [1.807, 2.05) is 20.9 Å². The third-order valence-electron chi connectivity index (χ3n) is 4.19. The van der Waals surface area contributed by atoms with Crippen LogP contribution in [0.3, 0.4) is 0 Å². The maximum absolute atomic E-state index is 12.7. The van der Waals surface area contributed by atoms with Gasteiger partial charge in [-0.05, 0) is 45.2 Å². The number of rotatable bonds is 14. The molecular formula is C18H36N6O4. The van der Waals surface area contributed by atoms with Crippen LogP contribution in [-0.4, -0.2) is 63.0 Å². The number of nitrogens with two attached hydrogens (primary N) is 1. The molecule has 0 heterocycles. The number of carbonyl (C=O) groups excluding carboxylic acids is 4. The van der Waals surface area contributed by atoms with Crippen LogP contribution in [0.4, 0.5) is 4.79 Å². The van der Waals surface area contributed by atoms with Gasteiger partial charge >= 0.3 is 6.03 Å². The monoisotopic (exact) mass is 400 g/mol. The van der Waals surface area contributed by atoms with Crippen molar-refractivity contribution in [2.24, 2.45) is 11.7 Å². The fourth-order valence-corrected chi connectivity index (χ4v) is 2.59. The average molecular weight is 401 g/mol. The van der Waals surface area contributed by atoms with Crippen LogP contribution in [0.15, 0.2) is 0 Å². The number of nitrogens with one attached hydrogen (secondary N) is 5. The Hall–Kier alpha value is -2.36. The molecule has 0 aromatic heterocycles. The van der Waals surface area contributed by atoms with E-state index in [1.165, 1.54) is 7.05 Å². The lowest BCUT2D eigenvalue weighted by Crippen LogP contribution is -2.55. The van der Waals surface area contributed by atoms with E-state index >= 15 is 0 Å². The molecule has 0 aromatic rings. The van der Waals surface area contributed by atoms with Gasteiger partial charge in [-0.25, -0.2) is 4.79 Å². The standard InChI is InChI=1S/C18H36N6O4/c1-12(2)15(24-14(25)9-5-6-10-20-3)17(27)23-13(16(26)21-4)8-7-11-22-18(19)28/h12-13,15,20H,5-11H2,1-4H3,(H,21,26)(H,23,27)(H,24,25)(H3,19,22,28)/t13-,15+/m0/s1. The van der Waals surface area contributed by atoms with Crippen molar-refractivity contribution >= 4 is 23.8 Å². The van der Waals surface area contributed by atoms with Gasteiger partial charge in [0.15, 0.2) is 0 Å². The van der Waals surface area contributed by atoms with E-state index in [1.54, 1.807) is 0 Å². The van der Waals surface area contributed by atoms with E-state index < -0.39 is 24.0 Å². The van der Waals surface area contributed by atoms with Crippen molar-refractivity contribution in [2.45, 2.75) is 58.0 Å². The predicted molar refractivity (Wildman–Crippen MR) is 107 cm³/mol. The number of urea groups is 1. The second kappa shape index (κ2) is 14.7. The molecule has 0 saturated carbocycles. The Bertz CT molecular complexity index is 512. The summed E-state index contributed by atoms with van der Waals surface area (Å²) >= 11 is 0. The van der Waals surface area contributed by atoms with E-state index in [-0.39, 0.29) is 17.7 Å². The summed E-state index contributed by atoms with van der Waals surface area (Å²) in [5.41, 5.74) is 5.00. The van der Waals surface area contributed by atoms with Gasteiger partial charge < -0.3 is 32.3 Å². The zero-order valence-corrected chi connectivity index (χ0v) is 17.4. The molecule has 0 bridgehead atoms. The Kier molecular flexibility index (Phi) is 13.4. The molecular weight excluding hydrogens is 364 g/mol. The first-order valence-corrected chi connectivity index (χ1v) is 9.72. The summed E-state index contributed by atoms with van der Waals surface area (Å²) in [5, 5.41) is 13.4. The molecule has 10 heteroatoms. The highest BCUT2D eigenvalue weighted by atomic mass is 16.2. The summed E-state index contributed by atoms with van der Waals surface area (Å²) in [6.45, 7) is 4.80. The summed E-state index contributed by atoms with van der Waals surface area (Å²) < 4.78 is 0. The van der Waals surface area contributed by atoms with Crippen molar-refractivity contribution < 1.29 is 19.2 Å². The Labute approximate surface area is 167 Å². The number of likely N-dealkylation sites (N-methyl/N-ethyl adjacent to an activating group) is 1. The number of unbranched alkanes of at least 4 members (excludes halogenated alkanes) is 1. The lowest BCUT2D eigenvalue weighted by molar-refractivity contribution is -0.133. The highest BCUT2D eigenvalue weighted by Crippen LogP contribution is 2.06. The maximum Gasteiger partial charge on any atom is 0.312 e. The minimum absolute atomic E-state index is 0.136. The predicted octanol–water partition coefficient (Wildman–Crippen LogP) is -0.804. The average Bonchev–Trinajstić information content (AvgIpc) is 2.64. The molecule has 5 amide bonds. The summed E-state index contributed by atoms with van der Waals surface area (Å²) in [6, 6.07) is -2.13. The smallest absolute Gasteiger partial charge is 0.312 e. The van der Waals surface area contributed by atoms with Crippen molar-refractivity contribution in [1.29, 1.82) is 0 Å². The molecule has 0 fully saturated rings. The van der Waals surface area contributed by atoms with E-state index in [0.29, 0.717) is 25.8 Å². The van der Waals surface area contributed by atoms with E-state index in [4.69, 9.17) is 5.73 Å². The lowest BCUT2D eigenvalue weighted by Gasteiger charge is -2.25. The molecule has 10 nitrogen and oxygen atoms in total. The highest BCUT2D eigenvalue weighted by molar-refractivity contribution is 5.92. The van der Waals surface area contributed by atoms with Gasteiger partial charge in [0.05, 0.1) is 0 Å². The summed E-state index contributed by atoms with van der Waals surface area (Å²) in [5.74, 6) is -1.07. The van der Waals surface area contributed by atoms with E-state index in [2.05, 4.69) is 26.6 Å². The van der Waals surface area contributed by atoms with Crippen LogP contribution >= 0.6 is 0 Å². The highest BCUT2D eigenvalue weighted by Gasteiger charge is 2.28. The number of carbonyl (C=O) groups is 4. The van der Waals surface area contributed by atoms with Crippen LogP contribution in [0.1, 0.15) is 46.0 Å². The molecule has 0 saturated heterocycles. The molecule has 0 aromatic carbocycles. The van der Waals surface area contributed by atoms with E-state index in [0.717, 1.165) is 19.4 Å². The fraction of sp³-hybridized carbons (Fsp3) is 0.778. The van der Waals surface area contributed by atoms with Gasteiger partial charge in [-0.2, -0.15) is 0 Å². The molecule has 0 aliphatic carbocycles. The van der Waals surface area contributed by atoms with Gasteiger partial charge in [-0.15, -0.1) is 0 Å². The Morgan fingerprint density at radius 3 is 2.11 bits per heavy atom. The Morgan fingerprint density at radius 2 is 1.57 bits per heavy atom. The fourth-order valence-electron chi connectivity index (χ4n) is 2.59. The zero-order valence-electron chi connectivity index (χ0n) is 17.4. The normalized spacial score (nSPS) is 12.8. The van der Waals surface area contributed by atoms with Gasteiger partial charge in [-0.1, -0.05) is 13.8 Å². The third kappa shape index (κ3) is 11.4. The molecule has 0 aliphatic heterocycles. The number of amides is 5. The molecule has 2 atom stereocenters. The van der Waals surface area contributed by atoms with Crippen LogP contribution < -0.4 is 32.3 Å². The van der Waals surface area contributed by atoms with Crippen LogP contribution in [-0.2, 0) is 14.4 Å². The molecule has 0 aliphatic rings. The van der Waals surface area contributed by atoms with Crippen molar-refractivity contribution in [1.82, 2.24) is 26.6 Å². The summed E-state index contributed by atoms with van der Waals surface area (Å²) in [6.07, 6.45) is 2.74. The van der Waals surface area contributed by atoms with Crippen LogP contribution in [0, 0.1) is 5.92 Å². The molecule has 162 valence electrons. The first-order chi connectivity index (χ1) is 13.2. The second-order valence-electron chi connectivity index (χ2n) is 6.96. The van der Waals surface area contributed by atoms with Gasteiger partial charge in [-0.3, -0.25) is 14.4 Å². The third-order valence-corrected chi connectivity index (χ3v) is 4.19. The number of hydrogen-bond donors (Lipinski definition) is 6. The van der Waals surface area contributed by atoms with Gasteiger partial charge in [0.2, 0.25) is 17.7 Å². The molecule has 0 radical (unpaired) electrons. The summed E-state index contributed by atoms with van der Waals surface area (Å²) in [7, 11) is 3.34. The molecule has 0 rings (SSSR count). The Morgan fingerprint density at radius 1 is 0.893 bits per heavy atom. The quantitative estimate of drug-likeness (QED) is 0.211. The van der Waals surface area contributed by atoms with Gasteiger partial charge in [0.1, 0.15) is 12.1 Å². The second-order valence-corrected chi connectivity index (χ2v) is 6.96. The topological polar surface area (TPSA) is 154 Å². The van der Waals surface area contributed by atoms with Crippen LogP contribution in [0.25, 0.3) is 0 Å². The SMILES string of the molecule is CNCCCCC(=O)N[C@@H](C(=O)N[C@@H](CCCNC(N)=O)C(=O)NC)C(C)C. The van der Waals surface area contributed by atoms with Crippen molar-refractivity contribution in [3.05, 3.63) is 0 Å². The first-order valence-electron chi connectivity index (χ1n) is 9.72. The molecule has 28 heavy (non-hydrogen) atoms. The Balaban J connectivity index is 4.74. The van der Waals surface area contributed by atoms with Crippen molar-refractivity contribution in [3.8, 4) is 0 Å². The van der Waals surface area contributed by atoms with Crippen LogP contribution in [0.2, 0.25) is 0 Å². The number of hydrogen-bond acceptors (Lipinski definition) is 5. The lowest BCUT2D eigenvalue weighted by atomic mass is 10.0. The minimum Gasteiger partial charge on any atom is -0.357 e. The number of primary amides is 1. The summed E-state index contributed by atoms with van der Waals surface area (Å²) in [4.78, 5) is 47.6. The van der Waals surface area contributed by atoms with Gasteiger partial charge in [0, 0.05) is 20.0 Å². The van der Waals surface area contributed by atoms with Crippen molar-refractivity contribution in [3.63, 3.8) is 0 Å². The van der Waals surface area contributed by atoms with Crippen LogP contribution in [0.5, 0.6) is 0 Å². The largest absolute Gasteiger partial charge is 0.357 e. The first kappa shape index (κ1) is 25.6. The van der Waals surface area contributed by atoms with Crippen molar-refractivity contribution in [2.75, 3.05) is 27.2 Å².